The molecule has 1 N–H and O–H groups in total. The Bertz CT molecular complexity index is 768. The van der Waals surface area contributed by atoms with Crippen LogP contribution >= 0.6 is 11.8 Å². The van der Waals surface area contributed by atoms with E-state index < -0.39 is 0 Å². The molecule has 5 nitrogen and oxygen atoms in total. The summed E-state index contributed by atoms with van der Waals surface area (Å²) in [4.78, 5) is 38.3. The minimum Gasteiger partial charge on any atom is -0.354 e. The van der Waals surface area contributed by atoms with Crippen LogP contribution in [-0.2, 0) is 9.59 Å². The fourth-order valence-electron chi connectivity index (χ4n) is 2.97. The van der Waals surface area contributed by atoms with E-state index in [1.807, 2.05) is 37.3 Å². The number of nitrogens with one attached hydrogen (secondary N) is 1. The normalized spacial score (nSPS) is 21.5. The third-order valence-corrected chi connectivity index (χ3v) is 5.43. The van der Waals surface area contributed by atoms with Gasteiger partial charge < -0.3 is 5.32 Å². The van der Waals surface area contributed by atoms with Gasteiger partial charge in [-0.1, -0.05) is 42.0 Å². The molecule has 26 heavy (non-hydrogen) atoms. The van der Waals surface area contributed by atoms with Crippen molar-refractivity contribution in [1.82, 2.24) is 10.2 Å². The van der Waals surface area contributed by atoms with Gasteiger partial charge in [0.05, 0.1) is 4.91 Å². The number of hydrogen-bond donors (Lipinski definition) is 1. The van der Waals surface area contributed by atoms with Crippen molar-refractivity contribution in [2.24, 2.45) is 5.92 Å². The lowest BCUT2D eigenvalue weighted by Gasteiger charge is -2.18. The van der Waals surface area contributed by atoms with Crippen LogP contribution in [0.4, 0.5) is 4.79 Å². The molecule has 1 aromatic rings. The molecule has 1 unspecified atom stereocenters. The molecule has 1 saturated heterocycles. The molecular weight excluding hydrogens is 348 g/mol. The van der Waals surface area contributed by atoms with Gasteiger partial charge in [-0.15, -0.1) is 0 Å². The predicted molar refractivity (Wildman–Crippen MR) is 103 cm³/mol. The lowest BCUT2D eigenvalue weighted by molar-refractivity contribution is -0.126. The maximum absolute atomic E-state index is 12.5. The molecule has 1 atom stereocenters. The summed E-state index contributed by atoms with van der Waals surface area (Å²) in [5.74, 6) is -0.303. The average Bonchev–Trinajstić information content (AvgIpc) is 2.91. The molecule has 0 aromatic heterocycles. The number of nitrogens with zero attached hydrogens (tertiary/aromatic N) is 1. The van der Waals surface area contributed by atoms with E-state index in [0.29, 0.717) is 4.91 Å². The number of thioether (sulfide) groups is 1. The van der Waals surface area contributed by atoms with E-state index in [1.165, 1.54) is 4.90 Å². The van der Waals surface area contributed by atoms with Crippen LogP contribution in [0.5, 0.6) is 0 Å². The fourth-order valence-corrected chi connectivity index (χ4v) is 3.84. The molecule has 0 radical (unpaired) electrons. The van der Waals surface area contributed by atoms with Crippen molar-refractivity contribution in [3.05, 3.63) is 52.4 Å². The molecule has 0 bridgehead atoms. The molecule has 3 rings (SSSR count). The van der Waals surface area contributed by atoms with Crippen molar-refractivity contribution in [2.45, 2.75) is 26.2 Å². The summed E-state index contributed by atoms with van der Waals surface area (Å²) >= 11 is 0.944. The molecule has 136 valence electrons. The average molecular weight is 370 g/mol. The van der Waals surface area contributed by atoms with Gasteiger partial charge >= 0.3 is 0 Å². The second-order valence-electron chi connectivity index (χ2n) is 6.52. The number of carbonyl (C=O) groups is 3. The summed E-state index contributed by atoms with van der Waals surface area (Å²) in [5, 5.41) is 2.55. The van der Waals surface area contributed by atoms with E-state index in [-0.39, 0.29) is 36.1 Å². The maximum atomic E-state index is 12.5. The topological polar surface area (TPSA) is 66.5 Å². The summed E-state index contributed by atoms with van der Waals surface area (Å²) in [6.07, 6.45) is 8.38. The first kappa shape index (κ1) is 18.5. The third kappa shape index (κ3) is 4.43. The Morgan fingerprint density at radius 2 is 2.04 bits per heavy atom. The molecule has 6 heteroatoms. The Balaban J connectivity index is 1.54. The zero-order valence-electron chi connectivity index (χ0n) is 14.7. The van der Waals surface area contributed by atoms with E-state index in [0.717, 1.165) is 42.2 Å². The number of imide groups is 1. The van der Waals surface area contributed by atoms with E-state index in [4.69, 9.17) is 0 Å². The number of hydrogen-bond acceptors (Lipinski definition) is 4. The standard InChI is InChI=1S/C20H22N2O3S/c1-14-7-9-15(10-8-14)13-17-19(24)22(20(25)26-17)12-11-21-18(23)16-5-3-2-4-6-16/h2-3,7-10,13,16H,4-6,11-12H2,1H3,(H,21,23)/b17-13-. The quantitative estimate of drug-likeness (QED) is 0.636. The Morgan fingerprint density at radius 1 is 1.27 bits per heavy atom. The lowest BCUT2D eigenvalue weighted by atomic mass is 9.94. The first-order valence-electron chi connectivity index (χ1n) is 8.79. The first-order valence-corrected chi connectivity index (χ1v) is 9.61. The van der Waals surface area contributed by atoms with E-state index in [9.17, 15) is 14.4 Å². The molecule has 1 aromatic carbocycles. The second-order valence-corrected chi connectivity index (χ2v) is 7.51. The predicted octanol–water partition coefficient (Wildman–Crippen LogP) is 3.50. The highest BCUT2D eigenvalue weighted by Crippen LogP contribution is 2.31. The summed E-state index contributed by atoms with van der Waals surface area (Å²) in [7, 11) is 0. The smallest absolute Gasteiger partial charge is 0.293 e. The van der Waals surface area contributed by atoms with Crippen LogP contribution in [-0.4, -0.2) is 35.0 Å². The van der Waals surface area contributed by atoms with Gasteiger partial charge in [-0.05, 0) is 49.6 Å². The minimum atomic E-state index is -0.296. The van der Waals surface area contributed by atoms with Gasteiger partial charge in [-0.25, -0.2) is 0 Å². The number of carbonyl (C=O) groups excluding carboxylic acids is 3. The van der Waals surface area contributed by atoms with Crippen LogP contribution in [0, 0.1) is 12.8 Å². The van der Waals surface area contributed by atoms with Gasteiger partial charge in [0.2, 0.25) is 5.91 Å². The number of allylic oxidation sites excluding steroid dienone is 2. The molecule has 1 aliphatic heterocycles. The van der Waals surface area contributed by atoms with Crippen LogP contribution in [0.25, 0.3) is 6.08 Å². The minimum absolute atomic E-state index is 0.00322. The Morgan fingerprint density at radius 3 is 2.73 bits per heavy atom. The summed E-state index contributed by atoms with van der Waals surface area (Å²) in [5.41, 5.74) is 2.03. The molecule has 1 aliphatic carbocycles. The van der Waals surface area contributed by atoms with Crippen molar-refractivity contribution < 1.29 is 14.4 Å². The highest BCUT2D eigenvalue weighted by Gasteiger charge is 2.34. The summed E-state index contributed by atoms with van der Waals surface area (Å²) < 4.78 is 0. The van der Waals surface area contributed by atoms with Gasteiger partial charge in [0.15, 0.2) is 0 Å². The summed E-state index contributed by atoms with van der Waals surface area (Å²) in [6.45, 7) is 2.48. The van der Waals surface area contributed by atoms with Crippen LogP contribution in [0.15, 0.2) is 41.3 Å². The fraction of sp³-hybridized carbons (Fsp3) is 0.350. The van der Waals surface area contributed by atoms with Crippen molar-refractivity contribution in [3.63, 3.8) is 0 Å². The monoisotopic (exact) mass is 370 g/mol. The van der Waals surface area contributed by atoms with Gasteiger partial charge in [-0.3, -0.25) is 19.3 Å². The van der Waals surface area contributed by atoms with Crippen LogP contribution in [0.1, 0.15) is 30.4 Å². The van der Waals surface area contributed by atoms with E-state index >= 15 is 0 Å². The van der Waals surface area contributed by atoms with Gasteiger partial charge in [0, 0.05) is 19.0 Å². The molecule has 3 amide bonds. The van der Waals surface area contributed by atoms with Crippen molar-refractivity contribution in [3.8, 4) is 0 Å². The second kappa shape index (κ2) is 8.36. The van der Waals surface area contributed by atoms with Crippen molar-refractivity contribution in [2.75, 3.05) is 13.1 Å². The zero-order chi connectivity index (χ0) is 18.5. The molecule has 0 spiro atoms. The third-order valence-electron chi connectivity index (χ3n) is 4.52. The highest BCUT2D eigenvalue weighted by molar-refractivity contribution is 8.18. The van der Waals surface area contributed by atoms with Crippen LogP contribution in [0.3, 0.4) is 0 Å². The SMILES string of the molecule is Cc1ccc(/C=C2\SC(=O)N(CCNC(=O)C3CC=CCC3)C2=O)cc1. The van der Waals surface area contributed by atoms with Crippen LogP contribution < -0.4 is 5.32 Å². The molecule has 1 fully saturated rings. The van der Waals surface area contributed by atoms with Crippen LogP contribution in [0.2, 0.25) is 0 Å². The van der Waals surface area contributed by atoms with Crippen molar-refractivity contribution in [1.29, 1.82) is 0 Å². The Hall–Kier alpha value is -2.34. The number of aryl methyl sites for hydroxylation is 1. The number of benzene rings is 1. The van der Waals surface area contributed by atoms with Gasteiger partial charge in [0.25, 0.3) is 11.1 Å². The van der Waals surface area contributed by atoms with Gasteiger partial charge in [0.1, 0.15) is 0 Å². The zero-order valence-corrected chi connectivity index (χ0v) is 15.6. The first-order chi connectivity index (χ1) is 12.5. The Labute approximate surface area is 157 Å². The lowest BCUT2D eigenvalue weighted by Crippen LogP contribution is -2.39. The molecule has 0 saturated carbocycles. The molecular formula is C20H22N2O3S. The summed E-state index contributed by atoms with van der Waals surface area (Å²) in [6, 6.07) is 7.77. The number of rotatable bonds is 5. The van der Waals surface area contributed by atoms with E-state index in [1.54, 1.807) is 6.08 Å². The van der Waals surface area contributed by atoms with Gasteiger partial charge in [-0.2, -0.15) is 0 Å². The molecule has 2 aliphatic rings. The number of amides is 3. The van der Waals surface area contributed by atoms with E-state index in [2.05, 4.69) is 11.4 Å². The largest absolute Gasteiger partial charge is 0.354 e. The van der Waals surface area contributed by atoms with Crippen molar-refractivity contribution >= 4 is 34.9 Å². The highest BCUT2D eigenvalue weighted by atomic mass is 32.2. The molecule has 1 heterocycles. The Kier molecular flexibility index (Phi) is 5.93. The maximum Gasteiger partial charge on any atom is 0.293 e.